The summed E-state index contributed by atoms with van der Waals surface area (Å²) in [5.74, 6) is -0.592. The van der Waals surface area contributed by atoms with Gasteiger partial charge in [0, 0.05) is 19.3 Å². The summed E-state index contributed by atoms with van der Waals surface area (Å²) < 4.78 is 28.4. The van der Waals surface area contributed by atoms with Crippen molar-refractivity contribution in [2.24, 2.45) is 11.7 Å². The van der Waals surface area contributed by atoms with Crippen molar-refractivity contribution >= 4 is 27.6 Å². The van der Waals surface area contributed by atoms with E-state index in [0.29, 0.717) is 18.5 Å². The fraction of sp³-hybridized carbons (Fsp3) is 0.480. The maximum absolute atomic E-state index is 12.8. The molecule has 2 heterocycles. The molecule has 1 aliphatic heterocycles. The topological polar surface area (TPSA) is 171 Å². The second kappa shape index (κ2) is 14.4. The summed E-state index contributed by atoms with van der Waals surface area (Å²) in [4.78, 5) is 27.1. The number of pyridine rings is 1. The molecule has 1 aromatic heterocycles. The molecule has 1 fully saturated rings. The van der Waals surface area contributed by atoms with Gasteiger partial charge in [-0.05, 0) is 42.9 Å². The Kier molecular flexibility index (Phi) is 11.6. The van der Waals surface area contributed by atoms with Crippen molar-refractivity contribution in [2.45, 2.75) is 51.4 Å². The Morgan fingerprint density at radius 3 is 2.57 bits per heavy atom. The Labute approximate surface area is 218 Å². The molecule has 2 atom stereocenters. The second-order valence-electron chi connectivity index (χ2n) is 8.72. The normalized spacial score (nSPS) is 16.2. The van der Waals surface area contributed by atoms with Crippen LogP contribution >= 0.6 is 0 Å². The Morgan fingerprint density at radius 1 is 1.22 bits per heavy atom. The summed E-state index contributed by atoms with van der Waals surface area (Å²) in [6.07, 6.45) is 3.69. The number of carbonyl (C=O) groups is 1. The average molecular weight is 535 g/mol. The third kappa shape index (κ3) is 9.54. The first-order chi connectivity index (χ1) is 17.7. The summed E-state index contributed by atoms with van der Waals surface area (Å²) in [7, 11) is -3.83. The molecule has 3 rings (SSSR count). The molecule has 6 N–H and O–H groups in total. The lowest BCUT2D eigenvalue weighted by atomic mass is 9.91. The lowest BCUT2D eigenvalue weighted by Gasteiger charge is -2.34. The molecule has 0 bridgehead atoms. The monoisotopic (exact) mass is 534 g/mol. The highest BCUT2D eigenvalue weighted by Crippen LogP contribution is 2.20. The summed E-state index contributed by atoms with van der Waals surface area (Å²) in [5.41, 5.74) is 5.36. The van der Waals surface area contributed by atoms with Gasteiger partial charge in [-0.3, -0.25) is 19.7 Å². The number of guanidine groups is 1. The third-order valence-corrected chi connectivity index (χ3v) is 7.11. The van der Waals surface area contributed by atoms with Crippen LogP contribution in [0.15, 0.2) is 53.5 Å². The Bertz CT molecular complexity index is 1190. The van der Waals surface area contributed by atoms with Gasteiger partial charge in [-0.2, -0.15) is 0 Å². The molecular weight excluding hydrogens is 496 g/mol. The number of piperidine rings is 1. The maximum Gasteiger partial charge on any atom is 0.275 e. The van der Waals surface area contributed by atoms with Crippen LogP contribution in [0.3, 0.4) is 0 Å². The summed E-state index contributed by atoms with van der Waals surface area (Å²) in [6.45, 7) is 4.72. The number of hydrogen-bond donors (Lipinski definition) is 5. The molecule has 1 aliphatic rings. The summed E-state index contributed by atoms with van der Waals surface area (Å²) in [5, 5.41) is 20.1. The Balaban J connectivity index is 0.00000235. The van der Waals surface area contributed by atoms with Crippen LogP contribution < -0.4 is 21.3 Å². The van der Waals surface area contributed by atoms with Gasteiger partial charge in [0.2, 0.25) is 15.9 Å². The number of aliphatic hydroxyl groups excluding tert-OH is 1. The molecule has 1 amide bonds. The number of nitrogens with one attached hydrogen (secondary N) is 3. The molecule has 1 aromatic carbocycles. The van der Waals surface area contributed by atoms with E-state index < -0.39 is 27.5 Å². The summed E-state index contributed by atoms with van der Waals surface area (Å²) in [6, 6.07) is 10.9. The van der Waals surface area contributed by atoms with Crippen molar-refractivity contribution in [1.82, 2.24) is 14.8 Å². The predicted octanol–water partition coefficient (Wildman–Crippen LogP) is 1.29. The van der Waals surface area contributed by atoms with E-state index in [1.807, 2.05) is 13.8 Å². The number of benzene rings is 1. The van der Waals surface area contributed by atoms with Crippen LogP contribution in [0.2, 0.25) is 0 Å². The van der Waals surface area contributed by atoms with E-state index in [1.165, 1.54) is 18.3 Å². The molecule has 204 valence electrons. The lowest BCUT2D eigenvalue weighted by Crippen LogP contribution is -2.47. The number of aliphatic hydroxyl groups is 1. The highest BCUT2D eigenvalue weighted by Gasteiger charge is 2.24. The number of rotatable bonds is 10. The zero-order chi connectivity index (χ0) is 27.4. The fourth-order valence-electron chi connectivity index (χ4n) is 4.22. The SMILES string of the molecule is CC.N=C(N)N1CCCC(C[C@@H](CO)NC(=O)Cn2cccc(NS(=O)(=O)Cc3ccccc3)c2=O)C1. The quantitative estimate of drug-likeness (QED) is 0.226. The van der Waals surface area contributed by atoms with E-state index in [1.54, 1.807) is 35.2 Å². The highest BCUT2D eigenvalue weighted by atomic mass is 32.2. The van der Waals surface area contributed by atoms with Gasteiger partial charge < -0.3 is 25.6 Å². The molecule has 37 heavy (non-hydrogen) atoms. The van der Waals surface area contributed by atoms with Crippen LogP contribution in [0.25, 0.3) is 0 Å². The molecule has 11 nitrogen and oxygen atoms in total. The van der Waals surface area contributed by atoms with Crippen LogP contribution in [0, 0.1) is 11.3 Å². The van der Waals surface area contributed by atoms with Crippen molar-refractivity contribution in [2.75, 3.05) is 24.4 Å². The molecule has 0 radical (unpaired) electrons. The molecule has 0 aliphatic carbocycles. The van der Waals surface area contributed by atoms with E-state index in [4.69, 9.17) is 11.1 Å². The van der Waals surface area contributed by atoms with Gasteiger partial charge in [0.05, 0.1) is 18.4 Å². The first-order valence-corrected chi connectivity index (χ1v) is 14.0. The zero-order valence-corrected chi connectivity index (χ0v) is 22.2. The minimum atomic E-state index is -3.83. The first-order valence-electron chi connectivity index (χ1n) is 12.4. The van der Waals surface area contributed by atoms with E-state index >= 15 is 0 Å². The van der Waals surface area contributed by atoms with E-state index in [0.717, 1.165) is 24.0 Å². The van der Waals surface area contributed by atoms with Crippen LogP contribution in [-0.2, 0) is 27.1 Å². The van der Waals surface area contributed by atoms with E-state index in [9.17, 15) is 23.1 Å². The molecular formula is C25H38N6O5S. The number of likely N-dealkylation sites (tertiary alicyclic amines) is 1. The minimum absolute atomic E-state index is 0.0120. The number of nitrogens with two attached hydrogens (primary N) is 1. The standard InChI is InChI=1S/C23H32N6O5S.C2H6/c24-23(25)29-11-4-8-18(13-29)12-19(15-30)26-21(31)14-28-10-5-9-20(22(28)32)27-35(33,34)16-17-6-2-1-3-7-17;1-2/h1-3,5-7,9-10,18-19,27,30H,4,8,11-16H2,(H3,24,25)(H,26,31);1-2H3/t18?,19-;/m0./s1. The Hall–Kier alpha value is -3.38. The number of carbonyl (C=O) groups excluding carboxylic acids is 1. The van der Waals surface area contributed by atoms with Crippen molar-refractivity contribution in [3.05, 3.63) is 64.6 Å². The van der Waals surface area contributed by atoms with Crippen molar-refractivity contribution in [1.29, 1.82) is 5.41 Å². The number of sulfonamides is 1. The number of nitrogens with zero attached hydrogens (tertiary/aromatic N) is 2. The largest absolute Gasteiger partial charge is 0.394 e. The van der Waals surface area contributed by atoms with Crippen molar-refractivity contribution in [3.63, 3.8) is 0 Å². The van der Waals surface area contributed by atoms with Gasteiger partial charge in [-0.15, -0.1) is 0 Å². The lowest BCUT2D eigenvalue weighted by molar-refractivity contribution is -0.122. The zero-order valence-electron chi connectivity index (χ0n) is 21.4. The van der Waals surface area contributed by atoms with E-state index in [-0.39, 0.29) is 36.5 Å². The van der Waals surface area contributed by atoms with Gasteiger partial charge in [0.25, 0.3) is 5.56 Å². The average Bonchev–Trinajstić information content (AvgIpc) is 2.87. The van der Waals surface area contributed by atoms with Crippen molar-refractivity contribution in [3.8, 4) is 0 Å². The molecule has 2 aromatic rings. The van der Waals surface area contributed by atoms with E-state index in [2.05, 4.69) is 10.0 Å². The maximum atomic E-state index is 12.8. The fourth-order valence-corrected chi connectivity index (χ4v) is 5.42. The number of anilines is 1. The van der Waals surface area contributed by atoms with Gasteiger partial charge in [-0.1, -0.05) is 44.2 Å². The molecule has 0 saturated carbocycles. The second-order valence-corrected chi connectivity index (χ2v) is 10.4. The van der Waals surface area contributed by atoms with Crippen LogP contribution in [0.4, 0.5) is 5.69 Å². The molecule has 12 heteroatoms. The number of amides is 1. The molecule has 1 unspecified atom stereocenters. The van der Waals surface area contributed by atoms with Gasteiger partial charge in [0.1, 0.15) is 12.2 Å². The molecule has 0 spiro atoms. The molecule has 1 saturated heterocycles. The van der Waals surface area contributed by atoms with Crippen LogP contribution in [0.1, 0.15) is 38.7 Å². The summed E-state index contributed by atoms with van der Waals surface area (Å²) >= 11 is 0. The minimum Gasteiger partial charge on any atom is -0.394 e. The highest BCUT2D eigenvalue weighted by molar-refractivity contribution is 7.91. The first kappa shape index (κ1) is 29.8. The smallest absolute Gasteiger partial charge is 0.275 e. The number of aromatic nitrogens is 1. The van der Waals surface area contributed by atoms with Gasteiger partial charge in [-0.25, -0.2) is 8.42 Å². The van der Waals surface area contributed by atoms with Crippen LogP contribution in [0.5, 0.6) is 0 Å². The van der Waals surface area contributed by atoms with Gasteiger partial charge >= 0.3 is 0 Å². The Morgan fingerprint density at radius 2 is 1.92 bits per heavy atom. The predicted molar refractivity (Wildman–Crippen MR) is 145 cm³/mol. The van der Waals surface area contributed by atoms with Crippen molar-refractivity contribution < 1.29 is 18.3 Å². The third-order valence-electron chi connectivity index (χ3n) is 5.86. The van der Waals surface area contributed by atoms with Crippen LogP contribution in [-0.4, -0.2) is 60.6 Å². The van der Waals surface area contributed by atoms with Gasteiger partial charge in [0.15, 0.2) is 5.96 Å². The number of hydrogen-bond acceptors (Lipinski definition) is 6.